The summed E-state index contributed by atoms with van der Waals surface area (Å²) < 4.78 is 4.87. The molecule has 1 fully saturated rings. The van der Waals surface area contributed by atoms with Crippen LogP contribution in [0.25, 0.3) is 0 Å². The molecule has 4 nitrogen and oxygen atoms in total. The second kappa shape index (κ2) is 9.36. The highest BCUT2D eigenvalue weighted by Crippen LogP contribution is 2.37. The molecule has 1 atom stereocenters. The summed E-state index contributed by atoms with van der Waals surface area (Å²) in [6, 6.07) is 7.44. The van der Waals surface area contributed by atoms with Gasteiger partial charge in [-0.3, -0.25) is 9.59 Å². The van der Waals surface area contributed by atoms with Gasteiger partial charge in [0.25, 0.3) is 0 Å². The number of aldehydes is 1. The van der Waals surface area contributed by atoms with Crippen molar-refractivity contribution in [2.75, 3.05) is 7.11 Å². The van der Waals surface area contributed by atoms with E-state index in [0.29, 0.717) is 23.0 Å². The van der Waals surface area contributed by atoms with E-state index < -0.39 is 0 Å². The van der Waals surface area contributed by atoms with Crippen LogP contribution in [-0.4, -0.2) is 19.4 Å². The van der Waals surface area contributed by atoms with E-state index in [4.69, 9.17) is 10.00 Å². The van der Waals surface area contributed by atoms with Gasteiger partial charge >= 0.3 is 5.97 Å². The van der Waals surface area contributed by atoms with E-state index in [1.54, 1.807) is 12.1 Å². The zero-order chi connectivity index (χ0) is 18.2. The first kappa shape index (κ1) is 19.2. The second-order valence-corrected chi connectivity index (χ2v) is 6.99. The normalized spacial score (nSPS) is 21.2. The van der Waals surface area contributed by atoms with Gasteiger partial charge in [0, 0.05) is 5.56 Å². The number of esters is 1. The quantitative estimate of drug-likeness (QED) is 0.547. The molecule has 134 valence electrons. The zero-order valence-electron chi connectivity index (χ0n) is 15.2. The van der Waals surface area contributed by atoms with Gasteiger partial charge in [0.1, 0.15) is 6.29 Å². The molecule has 1 aromatic carbocycles. The van der Waals surface area contributed by atoms with E-state index in [1.165, 1.54) is 7.11 Å². The van der Waals surface area contributed by atoms with Gasteiger partial charge in [-0.2, -0.15) is 5.26 Å². The second-order valence-electron chi connectivity index (χ2n) is 6.99. The number of carbonyl (C=O) groups is 2. The Kier molecular flexibility index (Phi) is 7.18. The summed E-state index contributed by atoms with van der Waals surface area (Å²) in [6.07, 6.45) is 7.85. The molecule has 0 spiro atoms. The fourth-order valence-electron chi connectivity index (χ4n) is 4.11. The van der Waals surface area contributed by atoms with Gasteiger partial charge in [-0.15, -0.1) is 0 Å². The fraction of sp³-hybridized carbons (Fsp3) is 0.571. The number of ether oxygens (including phenoxy) is 1. The number of methoxy groups -OCH3 is 1. The number of nitrogens with zero attached hydrogens (tertiary/aromatic N) is 1. The van der Waals surface area contributed by atoms with Crippen LogP contribution < -0.4 is 0 Å². The first-order chi connectivity index (χ1) is 12.1. The highest BCUT2D eigenvalue weighted by atomic mass is 16.5. The summed E-state index contributed by atoms with van der Waals surface area (Å²) in [5, 5.41) is 8.95. The number of nitriles is 1. The third-order valence-electron chi connectivity index (χ3n) is 5.68. The SMILES string of the molecule is CCC(CCc1ccc(C#N)cc1C=O)C1CCC(C(=O)OC)CC1. The number of benzene rings is 1. The molecule has 2 rings (SSSR count). The van der Waals surface area contributed by atoms with Crippen molar-refractivity contribution in [3.63, 3.8) is 0 Å². The van der Waals surface area contributed by atoms with Crippen LogP contribution in [0.5, 0.6) is 0 Å². The Hall–Kier alpha value is -2.15. The van der Waals surface area contributed by atoms with Gasteiger partial charge in [0.15, 0.2) is 0 Å². The monoisotopic (exact) mass is 341 g/mol. The molecule has 1 aliphatic carbocycles. The van der Waals surface area contributed by atoms with E-state index >= 15 is 0 Å². The van der Waals surface area contributed by atoms with Gasteiger partial charge in [0.05, 0.1) is 24.7 Å². The number of aryl methyl sites for hydroxylation is 1. The van der Waals surface area contributed by atoms with Crippen LogP contribution >= 0.6 is 0 Å². The van der Waals surface area contributed by atoms with Crippen molar-refractivity contribution in [3.05, 3.63) is 34.9 Å². The minimum absolute atomic E-state index is 0.0685. The first-order valence-electron chi connectivity index (χ1n) is 9.18. The lowest BCUT2D eigenvalue weighted by molar-refractivity contribution is -0.147. The van der Waals surface area contributed by atoms with Gasteiger partial charge in [-0.1, -0.05) is 19.4 Å². The molecule has 0 aromatic heterocycles. The molecule has 0 saturated heterocycles. The molecule has 4 heteroatoms. The number of hydrogen-bond donors (Lipinski definition) is 0. The Morgan fingerprint density at radius 2 is 2.08 bits per heavy atom. The third-order valence-corrected chi connectivity index (χ3v) is 5.68. The Bertz CT molecular complexity index is 639. The Morgan fingerprint density at radius 1 is 1.36 bits per heavy atom. The van der Waals surface area contributed by atoms with Crippen LogP contribution in [-0.2, 0) is 16.0 Å². The summed E-state index contributed by atoms with van der Waals surface area (Å²) in [5.74, 6) is 1.25. The number of carbonyl (C=O) groups excluding carboxylic acids is 2. The maximum absolute atomic E-state index is 11.7. The van der Waals surface area contributed by atoms with E-state index in [0.717, 1.165) is 56.8 Å². The van der Waals surface area contributed by atoms with E-state index in [9.17, 15) is 9.59 Å². The standard InChI is InChI=1S/C21H27NO3/c1-3-16(17-8-10-19(11-9-17)21(24)25-2)6-7-18-5-4-15(13-22)12-20(18)14-23/h4-5,12,14,16-17,19H,3,6-11H2,1-2H3. The fourth-order valence-corrected chi connectivity index (χ4v) is 4.11. The molecular formula is C21H27NO3. The van der Waals surface area contributed by atoms with Crippen LogP contribution in [0, 0.1) is 29.1 Å². The largest absolute Gasteiger partial charge is 0.469 e. The Morgan fingerprint density at radius 3 is 2.64 bits per heavy atom. The molecule has 0 bridgehead atoms. The molecule has 0 N–H and O–H groups in total. The first-order valence-corrected chi connectivity index (χ1v) is 9.18. The highest BCUT2D eigenvalue weighted by Gasteiger charge is 2.30. The van der Waals surface area contributed by atoms with Crippen LogP contribution in [0.2, 0.25) is 0 Å². The van der Waals surface area contributed by atoms with Crippen molar-refractivity contribution in [2.24, 2.45) is 17.8 Å². The molecule has 1 saturated carbocycles. The van der Waals surface area contributed by atoms with Crippen LogP contribution in [0.4, 0.5) is 0 Å². The van der Waals surface area contributed by atoms with Crippen LogP contribution in [0.1, 0.15) is 66.9 Å². The van der Waals surface area contributed by atoms with Gasteiger partial charge in [0.2, 0.25) is 0 Å². The molecule has 1 aromatic rings. The Balaban J connectivity index is 1.94. The van der Waals surface area contributed by atoms with Crippen molar-refractivity contribution in [1.29, 1.82) is 5.26 Å². The summed E-state index contributed by atoms with van der Waals surface area (Å²) >= 11 is 0. The van der Waals surface area contributed by atoms with Crippen molar-refractivity contribution in [3.8, 4) is 6.07 Å². The molecule has 0 radical (unpaired) electrons. The predicted molar refractivity (Wildman–Crippen MR) is 96.1 cm³/mol. The van der Waals surface area contributed by atoms with Crippen molar-refractivity contribution >= 4 is 12.3 Å². The molecule has 1 aliphatic rings. The topological polar surface area (TPSA) is 67.2 Å². The molecule has 1 unspecified atom stereocenters. The molecule has 0 heterocycles. The van der Waals surface area contributed by atoms with Crippen molar-refractivity contribution < 1.29 is 14.3 Å². The average molecular weight is 341 g/mol. The highest BCUT2D eigenvalue weighted by molar-refractivity contribution is 5.78. The molecule has 0 aliphatic heterocycles. The summed E-state index contributed by atoms with van der Waals surface area (Å²) in [4.78, 5) is 23.0. The van der Waals surface area contributed by atoms with Gasteiger partial charge in [-0.25, -0.2) is 0 Å². The average Bonchev–Trinajstić information content (AvgIpc) is 2.68. The lowest BCUT2D eigenvalue weighted by atomic mass is 9.73. The summed E-state index contributed by atoms with van der Waals surface area (Å²) in [7, 11) is 1.46. The zero-order valence-corrected chi connectivity index (χ0v) is 15.2. The van der Waals surface area contributed by atoms with Crippen LogP contribution in [0.15, 0.2) is 18.2 Å². The lowest BCUT2D eigenvalue weighted by Gasteiger charge is -2.32. The van der Waals surface area contributed by atoms with Gasteiger partial charge < -0.3 is 4.74 Å². The minimum Gasteiger partial charge on any atom is -0.469 e. The third kappa shape index (κ3) is 4.92. The summed E-state index contributed by atoms with van der Waals surface area (Å²) in [6.45, 7) is 2.22. The van der Waals surface area contributed by atoms with E-state index in [-0.39, 0.29) is 11.9 Å². The number of hydrogen-bond acceptors (Lipinski definition) is 4. The maximum atomic E-state index is 11.7. The minimum atomic E-state index is -0.0697. The van der Waals surface area contributed by atoms with Crippen molar-refractivity contribution in [1.82, 2.24) is 0 Å². The summed E-state index contributed by atoms with van der Waals surface area (Å²) in [5.41, 5.74) is 2.18. The maximum Gasteiger partial charge on any atom is 0.308 e. The van der Waals surface area contributed by atoms with Crippen LogP contribution in [0.3, 0.4) is 0 Å². The van der Waals surface area contributed by atoms with Gasteiger partial charge in [-0.05, 0) is 68.1 Å². The van der Waals surface area contributed by atoms with Crippen molar-refractivity contribution in [2.45, 2.75) is 51.9 Å². The Labute approximate surface area is 150 Å². The molecular weight excluding hydrogens is 314 g/mol. The predicted octanol–water partition coefficient (Wildman–Crippen LogP) is 4.31. The smallest absolute Gasteiger partial charge is 0.308 e. The molecule has 25 heavy (non-hydrogen) atoms. The van der Waals surface area contributed by atoms with E-state index in [1.807, 2.05) is 6.07 Å². The lowest BCUT2D eigenvalue weighted by Crippen LogP contribution is -2.26. The number of rotatable bonds is 7. The molecule has 0 amide bonds. The van der Waals surface area contributed by atoms with E-state index in [2.05, 4.69) is 13.0 Å².